The van der Waals surface area contributed by atoms with Crippen molar-refractivity contribution in [3.63, 3.8) is 0 Å². The third-order valence-electron chi connectivity index (χ3n) is 5.23. The first-order valence-electron chi connectivity index (χ1n) is 9.28. The summed E-state index contributed by atoms with van der Waals surface area (Å²) in [4.78, 5) is 40.6. The second-order valence-corrected chi connectivity index (χ2v) is 8.05. The van der Waals surface area contributed by atoms with Crippen molar-refractivity contribution in [3.05, 3.63) is 87.6 Å². The normalized spacial score (nSPS) is 18.3. The molecule has 0 fully saturated rings. The first-order valence-corrected chi connectivity index (χ1v) is 10.2. The molecule has 2 amide bonds. The Balaban J connectivity index is 1.76. The van der Waals surface area contributed by atoms with Crippen LogP contribution in [0, 0.1) is 0 Å². The van der Waals surface area contributed by atoms with E-state index in [9.17, 15) is 14.4 Å². The zero-order chi connectivity index (χ0) is 20.5. The first-order chi connectivity index (χ1) is 14.0. The number of ketones is 1. The highest BCUT2D eigenvalue weighted by Gasteiger charge is 2.43. The van der Waals surface area contributed by atoms with Crippen LogP contribution in [0.15, 0.2) is 66.0 Å². The van der Waals surface area contributed by atoms with Gasteiger partial charge in [-0.2, -0.15) is 0 Å². The maximum absolute atomic E-state index is 13.4. The Bertz CT molecular complexity index is 1090. The number of Topliss-reactive ketones (excluding diaryl/α,β-unsaturated/α-hetero) is 1. The highest BCUT2D eigenvalue weighted by molar-refractivity contribution is 7.10. The fourth-order valence-electron chi connectivity index (χ4n) is 3.81. The molecule has 2 atom stereocenters. The van der Waals surface area contributed by atoms with Crippen molar-refractivity contribution in [1.82, 2.24) is 4.90 Å². The lowest BCUT2D eigenvalue weighted by atomic mass is 9.81. The molecular formula is C23H20N2O3S. The van der Waals surface area contributed by atoms with Crippen LogP contribution in [0.4, 0.5) is 5.69 Å². The molecule has 6 heteroatoms. The van der Waals surface area contributed by atoms with E-state index in [1.54, 1.807) is 48.3 Å². The number of thiophene rings is 1. The van der Waals surface area contributed by atoms with E-state index in [0.717, 1.165) is 4.88 Å². The molecule has 1 aliphatic rings. The van der Waals surface area contributed by atoms with E-state index in [1.165, 1.54) is 18.3 Å². The van der Waals surface area contributed by atoms with Gasteiger partial charge in [-0.3, -0.25) is 14.4 Å². The SMILES string of the molecule is CC(=O)c1cccc(NC(=O)[C@H]2c3ccccc3C(=O)N(C)[C@H]2c2cccs2)c1. The molecule has 0 spiro atoms. The van der Waals surface area contributed by atoms with Crippen molar-refractivity contribution in [2.75, 3.05) is 12.4 Å². The lowest BCUT2D eigenvalue weighted by Crippen LogP contribution is -2.43. The van der Waals surface area contributed by atoms with E-state index in [0.29, 0.717) is 22.4 Å². The van der Waals surface area contributed by atoms with Crippen LogP contribution in [0.3, 0.4) is 0 Å². The largest absolute Gasteiger partial charge is 0.333 e. The number of fused-ring (bicyclic) bond motifs is 1. The number of amides is 2. The van der Waals surface area contributed by atoms with Crippen LogP contribution in [-0.2, 0) is 4.79 Å². The second kappa shape index (κ2) is 7.64. The van der Waals surface area contributed by atoms with E-state index in [4.69, 9.17) is 0 Å². The molecule has 3 aromatic rings. The van der Waals surface area contributed by atoms with E-state index < -0.39 is 12.0 Å². The Hall–Kier alpha value is -3.25. The quantitative estimate of drug-likeness (QED) is 0.651. The molecule has 4 rings (SSSR count). The third-order valence-corrected chi connectivity index (χ3v) is 6.18. The number of rotatable bonds is 4. The van der Waals surface area contributed by atoms with Crippen molar-refractivity contribution < 1.29 is 14.4 Å². The van der Waals surface area contributed by atoms with Gasteiger partial charge in [0.25, 0.3) is 5.91 Å². The predicted octanol–water partition coefficient (Wildman–Crippen LogP) is 4.50. The standard InChI is InChI=1S/C23H20N2O3S/c1-14(26)15-7-5-8-16(13-15)24-22(27)20-17-9-3-4-10-18(17)23(28)25(2)21(20)19-11-6-12-29-19/h3-13,20-21H,1-2H3,(H,24,27)/t20-,21-/m0/s1. The average Bonchev–Trinajstić information content (AvgIpc) is 3.25. The van der Waals surface area contributed by atoms with Gasteiger partial charge in [-0.25, -0.2) is 0 Å². The summed E-state index contributed by atoms with van der Waals surface area (Å²) in [6.45, 7) is 1.49. The number of nitrogens with zero attached hydrogens (tertiary/aromatic N) is 1. The van der Waals surface area contributed by atoms with Gasteiger partial charge in [0.15, 0.2) is 5.78 Å². The minimum Gasteiger partial charge on any atom is -0.333 e. The molecular weight excluding hydrogens is 384 g/mol. The summed E-state index contributed by atoms with van der Waals surface area (Å²) in [6, 6.07) is 17.6. The minimum atomic E-state index is -0.562. The Kier molecular flexibility index (Phi) is 5.03. The molecule has 29 heavy (non-hydrogen) atoms. The Morgan fingerprint density at radius 1 is 1.03 bits per heavy atom. The smallest absolute Gasteiger partial charge is 0.254 e. The molecule has 2 aromatic carbocycles. The second-order valence-electron chi connectivity index (χ2n) is 7.07. The lowest BCUT2D eigenvalue weighted by molar-refractivity contribution is -0.119. The summed E-state index contributed by atoms with van der Waals surface area (Å²) in [5.41, 5.74) is 2.35. The molecule has 0 saturated carbocycles. The van der Waals surface area contributed by atoms with Gasteiger partial charge in [-0.15, -0.1) is 11.3 Å². The van der Waals surface area contributed by atoms with Crippen LogP contribution in [-0.4, -0.2) is 29.5 Å². The average molecular weight is 404 g/mol. The minimum absolute atomic E-state index is 0.0640. The Labute approximate surface area is 173 Å². The third kappa shape index (κ3) is 3.47. The summed E-state index contributed by atoms with van der Waals surface area (Å²) in [5, 5.41) is 4.89. The zero-order valence-electron chi connectivity index (χ0n) is 16.1. The maximum Gasteiger partial charge on any atom is 0.254 e. The maximum atomic E-state index is 13.4. The number of carbonyl (C=O) groups is 3. The number of nitrogens with one attached hydrogen (secondary N) is 1. The van der Waals surface area contributed by atoms with Crippen LogP contribution >= 0.6 is 11.3 Å². The van der Waals surface area contributed by atoms with Crippen molar-refractivity contribution in [2.24, 2.45) is 0 Å². The molecule has 146 valence electrons. The fraction of sp³-hybridized carbons (Fsp3) is 0.174. The zero-order valence-corrected chi connectivity index (χ0v) is 16.9. The summed E-state index contributed by atoms with van der Waals surface area (Å²) in [7, 11) is 1.74. The number of benzene rings is 2. The first kappa shape index (κ1) is 19.1. The van der Waals surface area contributed by atoms with E-state index >= 15 is 0 Å². The van der Waals surface area contributed by atoms with Crippen molar-refractivity contribution in [2.45, 2.75) is 18.9 Å². The highest BCUT2D eigenvalue weighted by Crippen LogP contribution is 2.43. The van der Waals surface area contributed by atoms with Crippen LogP contribution in [0.1, 0.15) is 50.0 Å². The molecule has 1 aromatic heterocycles. The van der Waals surface area contributed by atoms with Gasteiger partial charge in [0.05, 0.1) is 12.0 Å². The van der Waals surface area contributed by atoms with Crippen molar-refractivity contribution in [1.29, 1.82) is 0 Å². The molecule has 1 N–H and O–H groups in total. The van der Waals surface area contributed by atoms with Gasteiger partial charge < -0.3 is 10.2 Å². The monoisotopic (exact) mass is 404 g/mol. The summed E-state index contributed by atoms with van der Waals surface area (Å²) in [6.07, 6.45) is 0. The molecule has 0 saturated heterocycles. The summed E-state index contributed by atoms with van der Waals surface area (Å²) >= 11 is 1.53. The van der Waals surface area contributed by atoms with E-state index in [2.05, 4.69) is 5.32 Å². The number of hydrogen-bond acceptors (Lipinski definition) is 4. The topological polar surface area (TPSA) is 66.5 Å². The molecule has 0 radical (unpaired) electrons. The Morgan fingerprint density at radius 2 is 1.83 bits per heavy atom. The van der Waals surface area contributed by atoms with Gasteiger partial charge in [0, 0.05) is 28.7 Å². The van der Waals surface area contributed by atoms with Crippen LogP contribution < -0.4 is 5.32 Å². The summed E-state index contributed by atoms with van der Waals surface area (Å²) < 4.78 is 0. The highest BCUT2D eigenvalue weighted by atomic mass is 32.1. The molecule has 0 bridgehead atoms. The molecule has 1 aliphatic heterocycles. The van der Waals surface area contributed by atoms with E-state index in [-0.39, 0.29) is 17.6 Å². The number of carbonyl (C=O) groups excluding carboxylic acids is 3. The van der Waals surface area contributed by atoms with E-state index in [1.807, 2.05) is 29.6 Å². The fourth-order valence-corrected chi connectivity index (χ4v) is 4.71. The van der Waals surface area contributed by atoms with Crippen molar-refractivity contribution in [3.8, 4) is 0 Å². The van der Waals surface area contributed by atoms with Gasteiger partial charge in [0.2, 0.25) is 5.91 Å². The van der Waals surface area contributed by atoms with Crippen LogP contribution in [0.25, 0.3) is 0 Å². The molecule has 0 unspecified atom stereocenters. The number of hydrogen-bond donors (Lipinski definition) is 1. The van der Waals surface area contributed by atoms with Gasteiger partial charge in [0.1, 0.15) is 0 Å². The molecule has 0 aliphatic carbocycles. The predicted molar refractivity (Wildman–Crippen MR) is 113 cm³/mol. The lowest BCUT2D eigenvalue weighted by Gasteiger charge is -2.39. The van der Waals surface area contributed by atoms with Gasteiger partial charge in [-0.1, -0.05) is 36.4 Å². The Morgan fingerprint density at radius 3 is 2.55 bits per heavy atom. The molecule has 2 heterocycles. The number of anilines is 1. The van der Waals surface area contributed by atoms with Crippen LogP contribution in [0.5, 0.6) is 0 Å². The van der Waals surface area contributed by atoms with Gasteiger partial charge >= 0.3 is 0 Å². The summed E-state index contributed by atoms with van der Waals surface area (Å²) in [5.74, 6) is -0.933. The van der Waals surface area contributed by atoms with Crippen molar-refractivity contribution >= 4 is 34.6 Å². The molecule has 5 nitrogen and oxygen atoms in total. The number of likely N-dealkylation sites (N-methyl/N-ethyl adjacent to an activating group) is 1. The van der Waals surface area contributed by atoms with Gasteiger partial charge in [-0.05, 0) is 42.1 Å². The van der Waals surface area contributed by atoms with Crippen LogP contribution in [0.2, 0.25) is 0 Å².